The van der Waals surface area contributed by atoms with Gasteiger partial charge in [-0.1, -0.05) is 44.2 Å². The summed E-state index contributed by atoms with van der Waals surface area (Å²) in [6, 6.07) is 15.7. The van der Waals surface area contributed by atoms with Gasteiger partial charge in [-0.25, -0.2) is 18.7 Å². The van der Waals surface area contributed by atoms with E-state index in [4.69, 9.17) is 0 Å². The molecule has 0 aliphatic heterocycles. The van der Waals surface area contributed by atoms with Crippen LogP contribution >= 0.6 is 0 Å². The number of fused-ring (bicyclic) bond motifs is 1. The molecule has 0 aliphatic rings. The van der Waals surface area contributed by atoms with Crippen LogP contribution in [0.15, 0.2) is 60.8 Å². The van der Waals surface area contributed by atoms with Gasteiger partial charge in [0, 0.05) is 25.6 Å². The highest BCUT2D eigenvalue weighted by Crippen LogP contribution is 2.19. The van der Waals surface area contributed by atoms with Crippen LogP contribution in [0.5, 0.6) is 0 Å². The van der Waals surface area contributed by atoms with Gasteiger partial charge in [-0.05, 0) is 61.0 Å². The lowest BCUT2D eigenvalue weighted by Gasteiger charge is -2.19. The molecule has 1 N–H and O–H groups in total. The molecule has 2 heterocycles. The molecular formula is C29H33F2N5O. The number of imidazole rings is 1. The third-order valence-corrected chi connectivity index (χ3v) is 6.64. The number of nitrogens with one attached hydrogen (secondary N) is 1. The largest absolute Gasteiger partial charge is 0.350 e. The van der Waals surface area contributed by atoms with Crippen LogP contribution in [0.4, 0.5) is 8.78 Å². The first-order chi connectivity index (χ1) is 17.9. The maximum atomic E-state index is 13.8. The molecule has 4 rings (SSSR count). The van der Waals surface area contributed by atoms with Crippen molar-refractivity contribution in [2.45, 2.75) is 52.7 Å². The molecule has 2 aromatic heterocycles. The number of rotatable bonds is 11. The number of halogens is 2. The topological polar surface area (TPSA) is 63.1 Å². The zero-order valence-electron chi connectivity index (χ0n) is 21.5. The van der Waals surface area contributed by atoms with Crippen LogP contribution in [0.1, 0.15) is 55.7 Å². The highest BCUT2D eigenvalue weighted by atomic mass is 19.2. The van der Waals surface area contributed by atoms with E-state index in [2.05, 4.69) is 58.3 Å². The van der Waals surface area contributed by atoms with Gasteiger partial charge < -0.3 is 9.88 Å². The molecule has 0 spiro atoms. The van der Waals surface area contributed by atoms with Crippen molar-refractivity contribution in [1.29, 1.82) is 0 Å². The number of pyridine rings is 1. The second-order valence-electron chi connectivity index (χ2n) is 9.20. The molecule has 37 heavy (non-hydrogen) atoms. The first-order valence-electron chi connectivity index (χ1n) is 12.7. The number of aromatic nitrogens is 3. The molecule has 0 saturated carbocycles. The minimum atomic E-state index is -0.897. The van der Waals surface area contributed by atoms with Crippen LogP contribution < -0.4 is 5.32 Å². The number of amides is 1. The van der Waals surface area contributed by atoms with Gasteiger partial charge in [0.25, 0.3) is 0 Å². The van der Waals surface area contributed by atoms with Crippen LogP contribution in [0.25, 0.3) is 11.2 Å². The van der Waals surface area contributed by atoms with Crippen LogP contribution in [-0.2, 0) is 24.3 Å². The Bertz CT molecular complexity index is 1350. The number of carbonyl (C=O) groups is 1. The summed E-state index contributed by atoms with van der Waals surface area (Å²) in [4.78, 5) is 24.2. The lowest BCUT2D eigenvalue weighted by Crippen LogP contribution is -2.27. The first-order valence-corrected chi connectivity index (χ1v) is 12.7. The van der Waals surface area contributed by atoms with Crippen molar-refractivity contribution in [3.05, 3.63) is 94.9 Å². The summed E-state index contributed by atoms with van der Waals surface area (Å²) in [6.07, 6.45) is 2.30. The highest BCUT2D eigenvalue weighted by molar-refractivity contribution is 5.77. The molecule has 6 nitrogen and oxygen atoms in total. The predicted octanol–water partition coefficient (Wildman–Crippen LogP) is 5.41. The Balaban J connectivity index is 1.41. The maximum absolute atomic E-state index is 13.8. The highest BCUT2D eigenvalue weighted by Gasteiger charge is 2.16. The fourth-order valence-corrected chi connectivity index (χ4v) is 4.42. The average molecular weight is 506 g/mol. The van der Waals surface area contributed by atoms with Crippen LogP contribution in [0.2, 0.25) is 0 Å². The summed E-state index contributed by atoms with van der Waals surface area (Å²) in [5, 5.41) is 3.07. The van der Waals surface area contributed by atoms with Gasteiger partial charge in [0.1, 0.15) is 11.3 Å². The van der Waals surface area contributed by atoms with Gasteiger partial charge >= 0.3 is 0 Å². The van der Waals surface area contributed by atoms with Gasteiger partial charge in [0.2, 0.25) is 5.91 Å². The fraction of sp³-hybridized carbons (Fsp3) is 0.345. The molecule has 1 amide bonds. The third kappa shape index (κ3) is 6.57. The summed E-state index contributed by atoms with van der Waals surface area (Å²) >= 11 is 0. The van der Waals surface area contributed by atoms with Gasteiger partial charge in [-0.2, -0.15) is 0 Å². The van der Waals surface area contributed by atoms with E-state index in [0.29, 0.717) is 29.0 Å². The second-order valence-corrected chi connectivity index (χ2v) is 9.20. The summed E-state index contributed by atoms with van der Waals surface area (Å²) in [6.45, 7) is 9.49. The number of aryl methyl sites for hydroxylation is 1. The molecule has 194 valence electrons. The summed E-state index contributed by atoms with van der Waals surface area (Å²) in [5.74, 6) is -1.20. The van der Waals surface area contributed by atoms with Crippen molar-refractivity contribution in [2.75, 3.05) is 13.1 Å². The number of hydrogen-bond donors (Lipinski definition) is 1. The molecule has 0 fully saturated rings. The standard InChI is InChI=1S/C29H33F2N5O/c1-4-35(5-2)18-21-8-11-23(12-9-21)20(3)33-28(37)15-14-27-34-26-7-6-16-32-29(26)36(27)19-22-10-13-24(30)25(31)17-22/h6-13,16-17,20H,4-5,14-15,18-19H2,1-3H3,(H,33,37). The first kappa shape index (κ1) is 26.4. The number of carbonyl (C=O) groups excluding carboxylic acids is 1. The van der Waals surface area contributed by atoms with Crippen molar-refractivity contribution in [1.82, 2.24) is 24.8 Å². The quantitative estimate of drug-likeness (QED) is 0.296. The number of benzene rings is 2. The minimum absolute atomic E-state index is 0.0842. The van der Waals surface area contributed by atoms with Crippen LogP contribution in [0, 0.1) is 11.6 Å². The molecule has 1 atom stereocenters. The summed E-state index contributed by atoms with van der Waals surface area (Å²) in [5.41, 5.74) is 4.22. The molecule has 0 radical (unpaired) electrons. The van der Waals surface area contributed by atoms with E-state index in [1.54, 1.807) is 18.3 Å². The molecule has 4 aromatic rings. The van der Waals surface area contributed by atoms with Crippen LogP contribution in [0.3, 0.4) is 0 Å². The van der Waals surface area contributed by atoms with Gasteiger partial charge in [-0.15, -0.1) is 0 Å². The third-order valence-electron chi connectivity index (χ3n) is 6.64. The maximum Gasteiger partial charge on any atom is 0.220 e. The minimum Gasteiger partial charge on any atom is -0.350 e. The molecule has 0 aliphatic carbocycles. The monoisotopic (exact) mass is 505 g/mol. The van der Waals surface area contributed by atoms with Crippen molar-refractivity contribution < 1.29 is 13.6 Å². The Labute approximate surface area is 216 Å². The van der Waals surface area contributed by atoms with Gasteiger partial charge in [0.15, 0.2) is 17.3 Å². The Morgan fingerprint density at radius 1 is 1.03 bits per heavy atom. The van der Waals surface area contributed by atoms with E-state index >= 15 is 0 Å². The number of hydrogen-bond acceptors (Lipinski definition) is 4. The Morgan fingerprint density at radius 2 is 1.76 bits per heavy atom. The summed E-state index contributed by atoms with van der Waals surface area (Å²) < 4.78 is 29.0. The van der Waals surface area contributed by atoms with Gasteiger partial charge in [-0.3, -0.25) is 9.69 Å². The van der Waals surface area contributed by atoms with Crippen molar-refractivity contribution in [3.63, 3.8) is 0 Å². The van der Waals surface area contributed by atoms with Crippen LogP contribution in [-0.4, -0.2) is 38.4 Å². The molecule has 0 bridgehead atoms. The van der Waals surface area contributed by atoms with E-state index in [-0.39, 0.29) is 24.9 Å². The van der Waals surface area contributed by atoms with E-state index in [1.165, 1.54) is 11.6 Å². The zero-order chi connectivity index (χ0) is 26.4. The van der Waals surface area contributed by atoms with E-state index in [1.807, 2.05) is 17.6 Å². The van der Waals surface area contributed by atoms with Crippen molar-refractivity contribution in [2.24, 2.45) is 0 Å². The van der Waals surface area contributed by atoms with E-state index in [0.717, 1.165) is 31.3 Å². The second kappa shape index (κ2) is 12.1. The van der Waals surface area contributed by atoms with Crippen molar-refractivity contribution >= 4 is 17.1 Å². The molecular weight excluding hydrogens is 472 g/mol. The Hall–Kier alpha value is -3.65. The van der Waals surface area contributed by atoms with E-state index < -0.39 is 11.6 Å². The number of nitrogens with zero attached hydrogens (tertiary/aromatic N) is 4. The van der Waals surface area contributed by atoms with Crippen molar-refractivity contribution in [3.8, 4) is 0 Å². The lowest BCUT2D eigenvalue weighted by atomic mass is 10.1. The average Bonchev–Trinajstić information content (AvgIpc) is 3.25. The summed E-state index contributed by atoms with van der Waals surface area (Å²) in [7, 11) is 0. The van der Waals surface area contributed by atoms with Gasteiger partial charge in [0.05, 0.1) is 12.6 Å². The smallest absolute Gasteiger partial charge is 0.220 e. The predicted molar refractivity (Wildman–Crippen MR) is 141 cm³/mol. The SMILES string of the molecule is CCN(CC)Cc1ccc(C(C)NC(=O)CCc2nc3cccnc3n2Cc2ccc(F)c(F)c2)cc1. The fourth-order valence-electron chi connectivity index (χ4n) is 4.42. The Kier molecular flexibility index (Phi) is 8.61. The van der Waals surface area contributed by atoms with E-state index in [9.17, 15) is 13.6 Å². The molecule has 8 heteroatoms. The normalized spacial score (nSPS) is 12.3. The zero-order valence-corrected chi connectivity index (χ0v) is 21.5. The molecule has 2 aromatic carbocycles. The molecule has 1 unspecified atom stereocenters. The molecule has 0 saturated heterocycles. The lowest BCUT2D eigenvalue weighted by molar-refractivity contribution is -0.121. The Morgan fingerprint density at radius 3 is 2.46 bits per heavy atom.